The van der Waals surface area contributed by atoms with Crippen molar-refractivity contribution in [1.82, 2.24) is 9.88 Å². The Bertz CT molecular complexity index is 571. The molecule has 21 heavy (non-hydrogen) atoms. The number of likely N-dealkylation sites (N-methyl/N-ethyl adjacent to an activating group) is 1. The first kappa shape index (κ1) is 15.7. The number of rotatable bonds is 4. The molecular formula is C15H22N4OS. The highest BCUT2D eigenvalue weighted by Gasteiger charge is 2.20. The number of nitrogens with one attached hydrogen (secondary N) is 1. The summed E-state index contributed by atoms with van der Waals surface area (Å²) >= 11 is 5.13. The van der Waals surface area contributed by atoms with E-state index < -0.39 is 0 Å². The van der Waals surface area contributed by atoms with Gasteiger partial charge < -0.3 is 16.0 Å². The highest BCUT2D eigenvalue weighted by atomic mass is 32.1. The Kier molecular flexibility index (Phi) is 4.77. The van der Waals surface area contributed by atoms with Crippen molar-refractivity contribution in [2.45, 2.75) is 38.6 Å². The summed E-state index contributed by atoms with van der Waals surface area (Å²) in [6.07, 6.45) is 4.31. The number of aromatic nitrogens is 1. The number of hydrogen-bond donors (Lipinski definition) is 2. The van der Waals surface area contributed by atoms with Gasteiger partial charge in [-0.05, 0) is 44.2 Å². The molecule has 0 aromatic carbocycles. The van der Waals surface area contributed by atoms with Gasteiger partial charge in [0.2, 0.25) is 5.91 Å². The van der Waals surface area contributed by atoms with E-state index in [-0.39, 0.29) is 11.9 Å². The molecular weight excluding hydrogens is 284 g/mol. The van der Waals surface area contributed by atoms with Gasteiger partial charge in [0.25, 0.3) is 0 Å². The van der Waals surface area contributed by atoms with E-state index in [9.17, 15) is 4.79 Å². The van der Waals surface area contributed by atoms with E-state index in [2.05, 4.69) is 10.3 Å². The van der Waals surface area contributed by atoms with Crippen LogP contribution in [0.25, 0.3) is 0 Å². The van der Waals surface area contributed by atoms with Gasteiger partial charge in [-0.3, -0.25) is 4.79 Å². The number of carbonyl (C=O) groups excluding carboxylic acids is 1. The lowest BCUT2D eigenvalue weighted by Crippen LogP contribution is -2.37. The monoisotopic (exact) mass is 306 g/mol. The van der Waals surface area contributed by atoms with E-state index in [0.29, 0.717) is 10.8 Å². The molecule has 1 aromatic rings. The lowest BCUT2D eigenvalue weighted by atomic mass is 9.94. The number of carbonyl (C=O) groups is 1. The maximum Gasteiger partial charge on any atom is 0.244 e. The fourth-order valence-corrected chi connectivity index (χ4v) is 2.74. The van der Waals surface area contributed by atoms with Gasteiger partial charge in [0.05, 0.1) is 5.56 Å². The van der Waals surface area contributed by atoms with Gasteiger partial charge in [0.1, 0.15) is 16.8 Å². The number of fused-ring (bicyclic) bond motifs is 1. The largest absolute Gasteiger partial charge is 0.389 e. The Morgan fingerprint density at radius 1 is 1.43 bits per heavy atom. The maximum absolute atomic E-state index is 12.0. The van der Waals surface area contributed by atoms with E-state index in [4.69, 9.17) is 18.0 Å². The third-order valence-corrected chi connectivity index (χ3v) is 3.95. The topological polar surface area (TPSA) is 71.2 Å². The van der Waals surface area contributed by atoms with Crippen LogP contribution in [0.15, 0.2) is 6.07 Å². The van der Waals surface area contributed by atoms with E-state index in [1.54, 1.807) is 19.0 Å². The van der Waals surface area contributed by atoms with Crippen LogP contribution in [0.5, 0.6) is 0 Å². The summed E-state index contributed by atoms with van der Waals surface area (Å²) in [5.41, 5.74) is 8.86. The minimum atomic E-state index is -0.373. The van der Waals surface area contributed by atoms with Crippen LogP contribution in [-0.4, -0.2) is 40.9 Å². The highest BCUT2D eigenvalue weighted by molar-refractivity contribution is 7.80. The van der Waals surface area contributed by atoms with Gasteiger partial charge in [-0.2, -0.15) is 0 Å². The van der Waals surface area contributed by atoms with Crippen LogP contribution in [0.1, 0.15) is 36.6 Å². The van der Waals surface area contributed by atoms with E-state index in [1.165, 1.54) is 12.0 Å². The maximum atomic E-state index is 12.0. The summed E-state index contributed by atoms with van der Waals surface area (Å²) in [7, 11) is 3.46. The molecule has 3 N–H and O–H groups in total. The first-order valence-corrected chi connectivity index (χ1v) is 7.61. The SMILES string of the molecule is CC(Nc1nc2c(cc1C(N)=S)CCCC2)C(=O)N(C)C. The van der Waals surface area contributed by atoms with Crippen LogP contribution in [0, 0.1) is 0 Å². The van der Waals surface area contributed by atoms with Gasteiger partial charge in [0.15, 0.2) is 0 Å². The first-order chi connectivity index (χ1) is 9.90. The number of hydrogen-bond acceptors (Lipinski definition) is 4. The number of nitrogens with two attached hydrogens (primary N) is 1. The third kappa shape index (κ3) is 3.50. The molecule has 1 aliphatic rings. The Labute approximate surface area is 130 Å². The predicted octanol–water partition coefficient (Wildman–Crippen LogP) is 1.48. The number of thiocarbonyl (C=S) groups is 1. The van der Waals surface area contributed by atoms with Gasteiger partial charge in [-0.15, -0.1) is 0 Å². The van der Waals surface area contributed by atoms with Crippen molar-refractivity contribution in [1.29, 1.82) is 0 Å². The van der Waals surface area contributed by atoms with Crippen LogP contribution in [-0.2, 0) is 17.6 Å². The highest BCUT2D eigenvalue weighted by Crippen LogP contribution is 2.25. The van der Waals surface area contributed by atoms with Crippen molar-refractivity contribution >= 4 is 28.9 Å². The molecule has 5 nitrogen and oxygen atoms in total. The first-order valence-electron chi connectivity index (χ1n) is 7.20. The normalized spacial score (nSPS) is 15.0. The van der Waals surface area contributed by atoms with Crippen LogP contribution >= 0.6 is 12.2 Å². The second kappa shape index (κ2) is 6.39. The summed E-state index contributed by atoms with van der Waals surface area (Å²) < 4.78 is 0. The quantitative estimate of drug-likeness (QED) is 0.825. The summed E-state index contributed by atoms with van der Waals surface area (Å²) in [6.45, 7) is 1.81. The minimum Gasteiger partial charge on any atom is -0.389 e. The average Bonchev–Trinajstić information content (AvgIpc) is 2.45. The summed E-state index contributed by atoms with van der Waals surface area (Å²) in [6, 6.07) is 1.65. The molecule has 1 atom stereocenters. The summed E-state index contributed by atoms with van der Waals surface area (Å²) in [5, 5.41) is 3.15. The molecule has 0 saturated carbocycles. The Hall–Kier alpha value is -1.69. The van der Waals surface area contributed by atoms with Crippen LogP contribution in [0.3, 0.4) is 0 Å². The molecule has 0 bridgehead atoms. The second-order valence-electron chi connectivity index (χ2n) is 5.66. The second-order valence-corrected chi connectivity index (χ2v) is 6.10. The Morgan fingerprint density at radius 2 is 2.10 bits per heavy atom. The molecule has 2 rings (SSSR count). The number of nitrogens with zero attached hydrogens (tertiary/aromatic N) is 2. The van der Waals surface area contributed by atoms with E-state index >= 15 is 0 Å². The summed E-state index contributed by atoms with van der Waals surface area (Å²) in [5.74, 6) is 0.606. The van der Waals surface area contributed by atoms with Crippen molar-refractivity contribution < 1.29 is 4.79 Å². The smallest absolute Gasteiger partial charge is 0.244 e. The molecule has 114 valence electrons. The molecule has 1 aliphatic carbocycles. The van der Waals surface area contributed by atoms with Crippen molar-refractivity contribution in [3.05, 3.63) is 22.9 Å². The summed E-state index contributed by atoms with van der Waals surface area (Å²) in [4.78, 5) is 18.5. The zero-order valence-corrected chi connectivity index (χ0v) is 13.6. The lowest BCUT2D eigenvalue weighted by Gasteiger charge is -2.22. The van der Waals surface area contributed by atoms with Crippen molar-refractivity contribution in [2.24, 2.45) is 5.73 Å². The molecule has 0 spiro atoms. The average molecular weight is 306 g/mol. The number of anilines is 1. The molecule has 6 heteroatoms. The molecule has 1 unspecified atom stereocenters. The molecule has 0 radical (unpaired) electrons. The van der Waals surface area contributed by atoms with Gasteiger partial charge in [-0.25, -0.2) is 4.98 Å². The standard InChI is InChI=1S/C15H22N4OS/c1-9(15(20)19(2)3)17-14-11(13(16)21)8-10-6-4-5-7-12(10)18-14/h8-9H,4-7H2,1-3H3,(H2,16,21)(H,17,18). The van der Waals surface area contributed by atoms with Crippen molar-refractivity contribution in [2.75, 3.05) is 19.4 Å². The van der Waals surface area contributed by atoms with Crippen molar-refractivity contribution in [3.63, 3.8) is 0 Å². The van der Waals surface area contributed by atoms with Crippen LogP contribution in [0.4, 0.5) is 5.82 Å². The van der Waals surface area contributed by atoms with E-state index in [1.807, 2.05) is 13.0 Å². The van der Waals surface area contributed by atoms with Gasteiger partial charge in [-0.1, -0.05) is 12.2 Å². The van der Waals surface area contributed by atoms with Crippen LogP contribution < -0.4 is 11.1 Å². The molecule has 1 heterocycles. The third-order valence-electron chi connectivity index (χ3n) is 3.73. The zero-order valence-electron chi connectivity index (χ0n) is 12.8. The van der Waals surface area contributed by atoms with Gasteiger partial charge >= 0.3 is 0 Å². The Morgan fingerprint density at radius 3 is 2.71 bits per heavy atom. The molecule has 1 aromatic heterocycles. The fourth-order valence-electron chi connectivity index (χ4n) is 2.59. The molecule has 0 saturated heterocycles. The number of pyridine rings is 1. The minimum absolute atomic E-state index is 0.0107. The molecule has 1 amide bonds. The molecule has 0 fully saturated rings. The van der Waals surface area contributed by atoms with Gasteiger partial charge in [0, 0.05) is 19.8 Å². The zero-order chi connectivity index (χ0) is 15.6. The van der Waals surface area contributed by atoms with Crippen molar-refractivity contribution in [3.8, 4) is 0 Å². The predicted molar refractivity (Wildman–Crippen MR) is 88.5 cm³/mol. The Balaban J connectivity index is 2.33. The number of amides is 1. The number of aryl methyl sites for hydroxylation is 2. The molecule has 0 aliphatic heterocycles. The van der Waals surface area contributed by atoms with E-state index in [0.717, 1.165) is 30.5 Å². The fraction of sp³-hybridized carbons (Fsp3) is 0.533. The van der Waals surface area contributed by atoms with Crippen LogP contribution in [0.2, 0.25) is 0 Å². The lowest BCUT2D eigenvalue weighted by molar-refractivity contribution is -0.129.